The van der Waals surface area contributed by atoms with E-state index in [9.17, 15) is 4.79 Å². The normalized spacial score (nSPS) is 10.2. The lowest BCUT2D eigenvalue weighted by molar-refractivity contribution is 0.236. The van der Waals surface area contributed by atoms with Crippen LogP contribution in [0.1, 0.15) is 11.1 Å². The fourth-order valence-corrected chi connectivity index (χ4v) is 2.13. The summed E-state index contributed by atoms with van der Waals surface area (Å²) in [6.07, 6.45) is 0.768. The highest BCUT2D eigenvalue weighted by Crippen LogP contribution is 2.11. The van der Waals surface area contributed by atoms with E-state index in [2.05, 4.69) is 10.6 Å². The van der Waals surface area contributed by atoms with Gasteiger partial charge in [-0.15, -0.1) is 0 Å². The van der Waals surface area contributed by atoms with E-state index in [1.165, 1.54) is 5.56 Å². The molecule has 2 rings (SSSR count). The summed E-state index contributed by atoms with van der Waals surface area (Å²) in [4.78, 5) is 11.6. The Labute approximate surface area is 141 Å². The van der Waals surface area contributed by atoms with Crippen molar-refractivity contribution in [1.29, 1.82) is 0 Å². The third kappa shape index (κ3) is 6.61. The second kappa shape index (κ2) is 9.06. The van der Waals surface area contributed by atoms with Crippen LogP contribution >= 0.6 is 11.6 Å². The second-order valence-electron chi connectivity index (χ2n) is 5.22. The van der Waals surface area contributed by atoms with Gasteiger partial charge in [0, 0.05) is 11.6 Å². The molecule has 0 radical (unpaired) electrons. The summed E-state index contributed by atoms with van der Waals surface area (Å²) in [6, 6.07) is 15.2. The molecule has 0 atom stereocenters. The molecule has 122 valence electrons. The average Bonchev–Trinajstić information content (AvgIpc) is 2.55. The Morgan fingerprint density at radius 2 is 1.65 bits per heavy atom. The first-order chi connectivity index (χ1) is 11.1. The minimum Gasteiger partial charge on any atom is -0.492 e. The number of hydrogen-bond donors (Lipinski definition) is 2. The summed E-state index contributed by atoms with van der Waals surface area (Å²) in [5.41, 5.74) is 2.33. The smallest absolute Gasteiger partial charge is 0.314 e. The summed E-state index contributed by atoms with van der Waals surface area (Å²) in [6.45, 7) is 3.50. The summed E-state index contributed by atoms with van der Waals surface area (Å²) in [5, 5.41) is 6.29. The molecule has 5 heteroatoms. The molecule has 2 N–H and O–H groups in total. The summed E-state index contributed by atoms with van der Waals surface area (Å²) < 4.78 is 5.54. The van der Waals surface area contributed by atoms with Gasteiger partial charge in [0.2, 0.25) is 0 Å². The Hall–Kier alpha value is -2.20. The average molecular weight is 333 g/mol. The van der Waals surface area contributed by atoms with Gasteiger partial charge in [0.25, 0.3) is 0 Å². The maximum Gasteiger partial charge on any atom is 0.314 e. The molecule has 0 saturated carbocycles. The van der Waals surface area contributed by atoms with Gasteiger partial charge in [-0.3, -0.25) is 0 Å². The van der Waals surface area contributed by atoms with Gasteiger partial charge >= 0.3 is 6.03 Å². The number of urea groups is 1. The Balaban J connectivity index is 1.56. The van der Waals surface area contributed by atoms with Gasteiger partial charge in [-0.25, -0.2) is 4.79 Å². The van der Waals surface area contributed by atoms with E-state index in [-0.39, 0.29) is 6.03 Å². The number of hydrogen-bond acceptors (Lipinski definition) is 2. The van der Waals surface area contributed by atoms with Crippen molar-refractivity contribution in [3.05, 3.63) is 64.7 Å². The van der Waals surface area contributed by atoms with E-state index < -0.39 is 0 Å². The molecule has 4 nitrogen and oxygen atoms in total. The van der Waals surface area contributed by atoms with Gasteiger partial charge in [0.15, 0.2) is 0 Å². The number of rotatable bonds is 7. The van der Waals surface area contributed by atoms with Crippen molar-refractivity contribution in [2.45, 2.75) is 13.3 Å². The number of carbonyl (C=O) groups is 1. The van der Waals surface area contributed by atoms with Crippen LogP contribution in [0.4, 0.5) is 4.79 Å². The quantitative estimate of drug-likeness (QED) is 0.761. The van der Waals surface area contributed by atoms with Crippen molar-refractivity contribution >= 4 is 17.6 Å². The lowest BCUT2D eigenvalue weighted by Crippen LogP contribution is -2.38. The van der Waals surface area contributed by atoms with Crippen LogP contribution < -0.4 is 15.4 Å². The highest BCUT2D eigenvalue weighted by atomic mass is 35.5. The molecule has 0 heterocycles. The highest BCUT2D eigenvalue weighted by molar-refractivity contribution is 6.30. The third-order valence-electron chi connectivity index (χ3n) is 3.29. The monoisotopic (exact) mass is 332 g/mol. The molecule has 0 aromatic heterocycles. The summed E-state index contributed by atoms with van der Waals surface area (Å²) >= 11 is 5.83. The number of benzene rings is 2. The Morgan fingerprint density at radius 1 is 1.00 bits per heavy atom. The largest absolute Gasteiger partial charge is 0.492 e. The zero-order valence-electron chi connectivity index (χ0n) is 13.1. The molecule has 0 saturated heterocycles. The molecule has 0 aliphatic rings. The van der Waals surface area contributed by atoms with E-state index in [0.29, 0.717) is 24.7 Å². The minimum atomic E-state index is -0.188. The first kappa shape index (κ1) is 17.2. The molecular weight excluding hydrogens is 312 g/mol. The zero-order chi connectivity index (χ0) is 16.5. The van der Waals surface area contributed by atoms with Crippen molar-refractivity contribution in [1.82, 2.24) is 10.6 Å². The number of carbonyl (C=O) groups excluding carboxylic acids is 1. The lowest BCUT2D eigenvalue weighted by Gasteiger charge is -2.09. The number of halogens is 1. The SMILES string of the molecule is Cc1ccc(OCCNC(=O)NCCc2ccc(Cl)cc2)cc1. The molecule has 23 heavy (non-hydrogen) atoms. The van der Waals surface area contributed by atoms with Crippen LogP contribution in [0.5, 0.6) is 5.75 Å². The predicted octanol–water partition coefficient (Wildman–Crippen LogP) is 3.57. The van der Waals surface area contributed by atoms with Crippen LogP contribution in [0.15, 0.2) is 48.5 Å². The van der Waals surface area contributed by atoms with E-state index in [1.807, 2.05) is 55.5 Å². The van der Waals surface area contributed by atoms with Gasteiger partial charge in [0.1, 0.15) is 12.4 Å². The zero-order valence-corrected chi connectivity index (χ0v) is 13.9. The molecule has 2 amide bonds. The van der Waals surface area contributed by atoms with E-state index >= 15 is 0 Å². The van der Waals surface area contributed by atoms with Crippen molar-refractivity contribution < 1.29 is 9.53 Å². The van der Waals surface area contributed by atoms with Crippen LogP contribution in [-0.2, 0) is 6.42 Å². The third-order valence-corrected chi connectivity index (χ3v) is 3.54. The van der Waals surface area contributed by atoms with Crippen LogP contribution in [0.25, 0.3) is 0 Å². The number of amides is 2. The van der Waals surface area contributed by atoms with Crippen molar-refractivity contribution in [2.24, 2.45) is 0 Å². The standard InChI is InChI=1S/C18H21ClN2O2/c1-14-2-8-17(9-3-14)23-13-12-21-18(22)20-11-10-15-4-6-16(19)7-5-15/h2-9H,10-13H2,1H3,(H2,20,21,22). The molecule has 2 aromatic carbocycles. The van der Waals surface area contributed by atoms with Gasteiger partial charge in [-0.2, -0.15) is 0 Å². The van der Waals surface area contributed by atoms with Crippen molar-refractivity contribution in [2.75, 3.05) is 19.7 Å². The van der Waals surface area contributed by atoms with Gasteiger partial charge in [0.05, 0.1) is 6.54 Å². The van der Waals surface area contributed by atoms with Crippen molar-refractivity contribution in [3.63, 3.8) is 0 Å². The Bertz CT molecular complexity index is 612. The van der Waals surface area contributed by atoms with Crippen LogP contribution in [0.2, 0.25) is 5.02 Å². The maximum absolute atomic E-state index is 11.6. The van der Waals surface area contributed by atoms with Crippen LogP contribution in [0, 0.1) is 6.92 Å². The van der Waals surface area contributed by atoms with Crippen LogP contribution in [-0.4, -0.2) is 25.7 Å². The topological polar surface area (TPSA) is 50.4 Å². The lowest BCUT2D eigenvalue weighted by atomic mass is 10.1. The van der Waals surface area contributed by atoms with Gasteiger partial charge < -0.3 is 15.4 Å². The first-order valence-corrected chi connectivity index (χ1v) is 7.97. The fraction of sp³-hybridized carbons (Fsp3) is 0.278. The molecule has 0 unspecified atom stereocenters. The Morgan fingerprint density at radius 3 is 2.35 bits per heavy atom. The summed E-state index contributed by atoms with van der Waals surface area (Å²) in [7, 11) is 0. The highest BCUT2D eigenvalue weighted by Gasteiger charge is 2.00. The van der Waals surface area contributed by atoms with E-state index in [1.54, 1.807) is 0 Å². The van der Waals surface area contributed by atoms with E-state index in [0.717, 1.165) is 17.7 Å². The number of aryl methyl sites for hydroxylation is 1. The fourth-order valence-electron chi connectivity index (χ4n) is 2.00. The minimum absolute atomic E-state index is 0.188. The number of nitrogens with one attached hydrogen (secondary N) is 2. The number of ether oxygens (including phenoxy) is 1. The molecule has 0 spiro atoms. The second-order valence-corrected chi connectivity index (χ2v) is 5.66. The molecule has 0 bridgehead atoms. The molecular formula is C18H21ClN2O2. The maximum atomic E-state index is 11.6. The molecule has 2 aromatic rings. The molecule has 0 fully saturated rings. The van der Waals surface area contributed by atoms with Gasteiger partial charge in [-0.1, -0.05) is 41.4 Å². The molecule has 0 aliphatic carbocycles. The molecule has 0 aliphatic heterocycles. The first-order valence-electron chi connectivity index (χ1n) is 7.59. The van der Waals surface area contributed by atoms with Crippen LogP contribution in [0.3, 0.4) is 0 Å². The Kier molecular flexibility index (Phi) is 6.76. The van der Waals surface area contributed by atoms with Crippen molar-refractivity contribution in [3.8, 4) is 5.75 Å². The summed E-state index contributed by atoms with van der Waals surface area (Å²) in [5.74, 6) is 0.806. The predicted molar refractivity (Wildman–Crippen MR) is 93.2 cm³/mol. The van der Waals surface area contributed by atoms with E-state index in [4.69, 9.17) is 16.3 Å². The van der Waals surface area contributed by atoms with Gasteiger partial charge in [-0.05, 0) is 43.2 Å².